The van der Waals surface area contributed by atoms with Crippen LogP contribution in [-0.4, -0.2) is 70.5 Å². The minimum Gasteiger partial charge on any atom is -0.497 e. The summed E-state index contributed by atoms with van der Waals surface area (Å²) in [7, 11) is -2.45. The Hall–Kier alpha value is -5.34. The molecule has 1 aliphatic rings. The van der Waals surface area contributed by atoms with Gasteiger partial charge in [0.05, 0.1) is 26.4 Å². The zero-order valence-electron chi connectivity index (χ0n) is 29.7. The van der Waals surface area contributed by atoms with Gasteiger partial charge in [-0.1, -0.05) is 72.8 Å². The average molecular weight is 758 g/mol. The molecule has 1 saturated heterocycles. The van der Waals surface area contributed by atoms with Crippen molar-refractivity contribution >= 4 is 19.4 Å². The third-order valence-electron chi connectivity index (χ3n) is 9.22. The summed E-state index contributed by atoms with van der Waals surface area (Å²) in [6, 6.07) is 32.3. The van der Waals surface area contributed by atoms with E-state index in [1.54, 1.807) is 63.6 Å². The maximum absolute atomic E-state index is 14.5. The number of aromatic nitrogens is 2. The fourth-order valence-electron chi connectivity index (χ4n) is 6.54. The van der Waals surface area contributed by atoms with Gasteiger partial charge in [0.25, 0.3) is 0 Å². The summed E-state index contributed by atoms with van der Waals surface area (Å²) in [6.07, 6.45) is -3.85. The van der Waals surface area contributed by atoms with Crippen molar-refractivity contribution in [3.05, 3.63) is 154 Å². The molecular formula is C39H40N3O11P. The fraction of sp³-hybridized carbons (Fsp3) is 0.256. The van der Waals surface area contributed by atoms with Crippen LogP contribution in [0.2, 0.25) is 0 Å². The molecule has 1 fully saturated rings. The maximum Gasteiger partial charge on any atom is 0.416 e. The van der Waals surface area contributed by atoms with Crippen LogP contribution < -0.4 is 20.9 Å². The van der Waals surface area contributed by atoms with Crippen molar-refractivity contribution in [3.8, 4) is 11.5 Å². The van der Waals surface area contributed by atoms with Crippen molar-refractivity contribution in [2.75, 3.05) is 33.2 Å². The number of anilines is 1. The van der Waals surface area contributed by atoms with Crippen LogP contribution in [0.15, 0.2) is 126 Å². The monoisotopic (exact) mass is 757 g/mol. The SMILES string of the molecule is CCO[C@H]1[C@H](n2ccc(N)nc2=O)O[C@H](COC(c2ccccc2)(c2ccc(OC)cc2)c2ccc(OC)cc2)[C@]1(O)P(=O)(O)OC(=O)c1ccccc1. The second-order valence-corrected chi connectivity index (χ2v) is 14.2. The Morgan fingerprint density at radius 3 is 1.94 bits per heavy atom. The summed E-state index contributed by atoms with van der Waals surface area (Å²) < 4.78 is 50.8. The van der Waals surface area contributed by atoms with Crippen molar-refractivity contribution in [3.63, 3.8) is 0 Å². The van der Waals surface area contributed by atoms with Gasteiger partial charge in [-0.25, -0.2) is 14.2 Å². The van der Waals surface area contributed by atoms with E-state index >= 15 is 0 Å². The molecule has 2 heterocycles. The number of ether oxygens (including phenoxy) is 5. The van der Waals surface area contributed by atoms with Crippen LogP contribution in [0, 0.1) is 0 Å². The highest BCUT2D eigenvalue weighted by Gasteiger charge is 2.69. The molecule has 1 unspecified atom stereocenters. The topological polar surface area (TPSA) is 191 Å². The lowest BCUT2D eigenvalue weighted by molar-refractivity contribution is -0.106. The molecule has 1 aromatic heterocycles. The first kappa shape index (κ1) is 38.4. The number of nitrogen functional groups attached to an aromatic ring is 1. The van der Waals surface area contributed by atoms with Crippen LogP contribution in [-0.2, 0) is 28.9 Å². The summed E-state index contributed by atoms with van der Waals surface area (Å²) in [5, 5.41) is 9.66. The molecule has 5 aromatic rings. The number of hydrogen-bond donors (Lipinski definition) is 3. The van der Waals surface area contributed by atoms with E-state index in [9.17, 15) is 24.2 Å². The number of aliphatic hydroxyl groups is 1. The zero-order chi connectivity index (χ0) is 38.5. The molecule has 0 amide bonds. The Kier molecular flexibility index (Phi) is 11.3. The van der Waals surface area contributed by atoms with E-state index in [0.29, 0.717) is 28.2 Å². The van der Waals surface area contributed by atoms with Crippen LogP contribution in [0.5, 0.6) is 11.5 Å². The molecule has 1 aliphatic heterocycles. The second-order valence-electron chi connectivity index (χ2n) is 12.3. The Balaban J connectivity index is 1.52. The van der Waals surface area contributed by atoms with Gasteiger partial charge in [-0.3, -0.25) is 4.57 Å². The minimum atomic E-state index is -5.53. The van der Waals surface area contributed by atoms with Crippen molar-refractivity contribution < 1.29 is 47.6 Å². The predicted molar refractivity (Wildman–Crippen MR) is 197 cm³/mol. The van der Waals surface area contributed by atoms with E-state index in [4.69, 9.17) is 33.9 Å². The first-order valence-electron chi connectivity index (χ1n) is 16.9. The lowest BCUT2D eigenvalue weighted by Crippen LogP contribution is -2.52. The van der Waals surface area contributed by atoms with Gasteiger partial charge in [-0.15, -0.1) is 0 Å². The molecule has 54 heavy (non-hydrogen) atoms. The highest BCUT2D eigenvalue weighted by atomic mass is 31.2. The number of carbonyl (C=O) groups excluding carboxylic acids is 1. The van der Waals surface area contributed by atoms with Gasteiger partial charge < -0.3 is 43.9 Å². The van der Waals surface area contributed by atoms with Gasteiger partial charge in [0.1, 0.15) is 35.1 Å². The first-order chi connectivity index (χ1) is 26.0. The maximum atomic E-state index is 14.5. The van der Waals surface area contributed by atoms with Crippen LogP contribution >= 0.6 is 7.60 Å². The Labute approximate surface area is 311 Å². The van der Waals surface area contributed by atoms with Gasteiger partial charge in [0.15, 0.2) is 6.23 Å². The molecule has 0 radical (unpaired) electrons. The van der Waals surface area contributed by atoms with Crippen LogP contribution in [0.25, 0.3) is 0 Å². The number of benzene rings is 4. The number of methoxy groups -OCH3 is 2. The predicted octanol–water partition coefficient (Wildman–Crippen LogP) is 4.88. The molecule has 0 bridgehead atoms. The van der Waals surface area contributed by atoms with E-state index in [-0.39, 0.29) is 18.0 Å². The fourth-order valence-corrected chi connectivity index (χ4v) is 8.04. The molecular weight excluding hydrogens is 717 g/mol. The summed E-state index contributed by atoms with van der Waals surface area (Å²) >= 11 is 0. The number of nitrogens with two attached hydrogens (primary N) is 1. The zero-order valence-corrected chi connectivity index (χ0v) is 30.6. The Morgan fingerprint density at radius 1 is 0.889 bits per heavy atom. The molecule has 4 N–H and O–H groups in total. The quantitative estimate of drug-likeness (QED) is 0.103. The number of rotatable bonds is 14. The molecule has 0 aliphatic carbocycles. The molecule has 0 saturated carbocycles. The minimum absolute atomic E-state index is 0.0485. The molecule has 15 heteroatoms. The number of hydrogen-bond acceptors (Lipinski definition) is 12. The average Bonchev–Trinajstić information content (AvgIpc) is 3.48. The van der Waals surface area contributed by atoms with E-state index < -0.39 is 55.2 Å². The van der Waals surface area contributed by atoms with Crippen LogP contribution in [0.1, 0.15) is 40.2 Å². The number of carbonyl (C=O) groups is 1. The Morgan fingerprint density at radius 2 is 1.43 bits per heavy atom. The van der Waals surface area contributed by atoms with E-state index in [1.165, 1.54) is 24.4 Å². The van der Waals surface area contributed by atoms with Gasteiger partial charge in [0.2, 0.25) is 5.34 Å². The van der Waals surface area contributed by atoms with Gasteiger partial charge >= 0.3 is 19.3 Å². The lowest BCUT2D eigenvalue weighted by Gasteiger charge is -2.39. The largest absolute Gasteiger partial charge is 0.497 e. The van der Waals surface area contributed by atoms with Gasteiger partial charge in [0, 0.05) is 12.8 Å². The Bertz CT molecular complexity index is 2100. The molecule has 14 nitrogen and oxygen atoms in total. The third kappa shape index (κ3) is 7.15. The van der Waals surface area contributed by atoms with Gasteiger partial charge in [-0.2, -0.15) is 4.98 Å². The van der Waals surface area contributed by atoms with Gasteiger partial charge in [-0.05, 0) is 66.1 Å². The first-order valence-corrected chi connectivity index (χ1v) is 18.5. The lowest BCUT2D eigenvalue weighted by atomic mass is 9.80. The molecule has 282 valence electrons. The van der Waals surface area contributed by atoms with Crippen molar-refractivity contribution in [2.45, 2.75) is 36.3 Å². The summed E-state index contributed by atoms with van der Waals surface area (Å²) in [6.45, 7) is 0.849. The normalized spacial score (nSPS) is 20.9. The molecule has 0 spiro atoms. The van der Waals surface area contributed by atoms with E-state index in [2.05, 4.69) is 4.98 Å². The summed E-state index contributed by atoms with van der Waals surface area (Å²) in [5.41, 5.74) is 5.21. The third-order valence-corrected chi connectivity index (χ3v) is 11.1. The molecule has 6 rings (SSSR count). The van der Waals surface area contributed by atoms with E-state index in [1.807, 2.05) is 54.6 Å². The van der Waals surface area contributed by atoms with Crippen LogP contribution in [0.4, 0.5) is 5.82 Å². The second kappa shape index (κ2) is 15.9. The van der Waals surface area contributed by atoms with Crippen molar-refractivity contribution in [2.24, 2.45) is 0 Å². The molecule has 5 atom stereocenters. The van der Waals surface area contributed by atoms with E-state index in [0.717, 1.165) is 4.57 Å². The van der Waals surface area contributed by atoms with Crippen molar-refractivity contribution in [1.29, 1.82) is 0 Å². The van der Waals surface area contributed by atoms with Crippen LogP contribution in [0.3, 0.4) is 0 Å². The summed E-state index contributed by atoms with van der Waals surface area (Å²) in [4.78, 5) is 42.0. The summed E-state index contributed by atoms with van der Waals surface area (Å²) in [5.74, 6) is -0.117. The highest BCUT2D eigenvalue weighted by molar-refractivity contribution is 7.55. The molecule has 4 aromatic carbocycles. The van der Waals surface area contributed by atoms with Crippen molar-refractivity contribution in [1.82, 2.24) is 9.55 Å². The smallest absolute Gasteiger partial charge is 0.416 e. The highest BCUT2D eigenvalue weighted by Crippen LogP contribution is 2.64. The standard InChI is InChI=1S/C39H40N3O11P/c1-4-50-34-35(42-24-23-33(40)41-37(42)44)52-32(39(34,45)54(46,47)53-36(43)26-11-7-5-8-12-26)25-51-38(27-13-9-6-10-14-27,28-15-19-30(48-2)20-16-28)29-17-21-31(49-3)22-18-29/h5-24,32,34-35,45H,4,25H2,1-3H3,(H,46,47)(H2,40,41,44)/t32-,34+,35-,39+/m1/s1. The number of nitrogens with zero attached hydrogens (tertiary/aromatic N) is 2.